The molecule has 0 saturated heterocycles. The van der Waals surface area contributed by atoms with Gasteiger partial charge in [-0.3, -0.25) is 4.98 Å². The van der Waals surface area contributed by atoms with Crippen LogP contribution in [0.25, 0.3) is 34.0 Å². The van der Waals surface area contributed by atoms with E-state index < -0.39 is 11.2 Å². The van der Waals surface area contributed by atoms with Crippen LogP contribution in [0.15, 0.2) is 64.1 Å². The van der Waals surface area contributed by atoms with E-state index in [9.17, 15) is 4.55 Å². The van der Waals surface area contributed by atoms with E-state index in [1.807, 2.05) is 58.2 Å². The molecule has 4 aromatic rings. The molecule has 0 aliphatic carbocycles. The van der Waals surface area contributed by atoms with E-state index in [0.29, 0.717) is 11.5 Å². The summed E-state index contributed by atoms with van der Waals surface area (Å²) in [5, 5.41) is 7.54. The molecule has 0 radical (unpaired) electrons. The quantitative estimate of drug-likeness (QED) is 0.376. The van der Waals surface area contributed by atoms with Crippen molar-refractivity contribution in [2.24, 2.45) is 0 Å². The maximum Gasteiger partial charge on any atom is 0.187 e. The highest BCUT2D eigenvalue weighted by molar-refractivity contribution is 7.92. The van der Waals surface area contributed by atoms with Gasteiger partial charge in [-0.15, -0.1) is 0 Å². The molecular formula is C26H28N4O2S. The van der Waals surface area contributed by atoms with Gasteiger partial charge in [0, 0.05) is 23.7 Å². The highest BCUT2D eigenvalue weighted by Gasteiger charge is 2.18. The highest BCUT2D eigenvalue weighted by atomic mass is 32.2. The van der Waals surface area contributed by atoms with Gasteiger partial charge in [0.05, 0.1) is 17.6 Å². The van der Waals surface area contributed by atoms with Crippen LogP contribution in [0.1, 0.15) is 30.7 Å². The number of hydrogen-bond acceptors (Lipinski definition) is 6. The van der Waals surface area contributed by atoms with Gasteiger partial charge >= 0.3 is 0 Å². The van der Waals surface area contributed by atoms with Gasteiger partial charge in [0.25, 0.3) is 0 Å². The van der Waals surface area contributed by atoms with Gasteiger partial charge in [-0.1, -0.05) is 23.4 Å². The van der Waals surface area contributed by atoms with Gasteiger partial charge in [-0.25, -0.2) is 4.98 Å². The number of aromatic nitrogens is 3. The Labute approximate surface area is 197 Å². The number of aryl methyl sites for hydroxylation is 2. The fourth-order valence-corrected chi connectivity index (χ4v) is 4.64. The van der Waals surface area contributed by atoms with E-state index in [-0.39, 0.29) is 5.25 Å². The van der Waals surface area contributed by atoms with Crippen LogP contribution in [-0.2, 0) is 17.7 Å². The first kappa shape index (κ1) is 23.2. The Bertz CT molecular complexity index is 1250. The SMILES string of the molecule is CNCc1ccc(-c2cc(-c3nc(-c4ccc([S+]([O-])C(C)C)cc4)cnc3C)on2)c(C)c1. The molecule has 1 N–H and O–H groups in total. The molecule has 170 valence electrons. The summed E-state index contributed by atoms with van der Waals surface area (Å²) in [4.78, 5) is 10.2. The van der Waals surface area contributed by atoms with Crippen molar-refractivity contribution >= 4 is 11.2 Å². The topological polar surface area (TPSA) is 86.9 Å². The molecule has 0 amide bonds. The van der Waals surface area contributed by atoms with Crippen molar-refractivity contribution in [2.45, 2.75) is 44.4 Å². The third-order valence-corrected chi connectivity index (χ3v) is 7.05. The summed E-state index contributed by atoms with van der Waals surface area (Å²) in [5.41, 5.74) is 7.21. The van der Waals surface area contributed by atoms with Gasteiger partial charge < -0.3 is 14.4 Å². The van der Waals surface area contributed by atoms with Crippen LogP contribution in [0.2, 0.25) is 0 Å². The summed E-state index contributed by atoms with van der Waals surface area (Å²) in [6, 6.07) is 15.9. The minimum atomic E-state index is -1.02. The average Bonchev–Trinajstić information content (AvgIpc) is 3.29. The summed E-state index contributed by atoms with van der Waals surface area (Å²) in [6.45, 7) is 8.70. The Kier molecular flexibility index (Phi) is 6.93. The second-order valence-corrected chi connectivity index (χ2v) is 10.3. The maximum absolute atomic E-state index is 12.3. The highest BCUT2D eigenvalue weighted by Crippen LogP contribution is 2.30. The first-order valence-corrected chi connectivity index (χ1v) is 12.1. The third-order valence-electron chi connectivity index (χ3n) is 5.46. The van der Waals surface area contributed by atoms with Crippen LogP contribution in [0.5, 0.6) is 0 Å². The second kappa shape index (κ2) is 9.87. The number of nitrogens with one attached hydrogen (secondary N) is 1. The Balaban J connectivity index is 1.64. The average molecular weight is 461 g/mol. The van der Waals surface area contributed by atoms with Crippen LogP contribution >= 0.6 is 0 Å². The van der Waals surface area contributed by atoms with E-state index in [1.54, 1.807) is 6.20 Å². The zero-order valence-corrected chi connectivity index (χ0v) is 20.4. The molecule has 0 saturated carbocycles. The van der Waals surface area contributed by atoms with Crippen molar-refractivity contribution < 1.29 is 9.08 Å². The molecule has 7 heteroatoms. The van der Waals surface area contributed by atoms with Gasteiger partial charge in [-0.2, -0.15) is 0 Å². The van der Waals surface area contributed by atoms with E-state index in [1.165, 1.54) is 5.56 Å². The fraction of sp³-hybridized carbons (Fsp3) is 0.269. The van der Waals surface area contributed by atoms with Gasteiger partial charge in [0.2, 0.25) is 0 Å². The number of rotatable bonds is 7. The molecule has 1 atom stereocenters. The summed E-state index contributed by atoms with van der Waals surface area (Å²) >= 11 is -1.02. The summed E-state index contributed by atoms with van der Waals surface area (Å²) in [5.74, 6) is 0.577. The molecule has 6 nitrogen and oxygen atoms in total. The molecule has 0 aliphatic rings. The largest absolute Gasteiger partial charge is 0.611 e. The van der Waals surface area contributed by atoms with Crippen molar-refractivity contribution in [3.63, 3.8) is 0 Å². The molecule has 33 heavy (non-hydrogen) atoms. The standard InChI is InChI=1S/C26H28N4O2S/c1-16(2)33(31)21-9-7-20(8-10-21)24-15-28-18(4)26(29-24)25-13-23(30-32-25)22-11-6-19(14-27-5)12-17(22)3/h6-13,15-16,27H,14H2,1-5H3. The molecule has 0 spiro atoms. The van der Waals surface area contributed by atoms with E-state index in [2.05, 4.69) is 40.6 Å². The minimum Gasteiger partial charge on any atom is -0.611 e. The lowest BCUT2D eigenvalue weighted by atomic mass is 10.0. The fourth-order valence-electron chi connectivity index (χ4n) is 3.69. The van der Waals surface area contributed by atoms with Crippen molar-refractivity contribution in [3.8, 4) is 34.0 Å². The summed E-state index contributed by atoms with van der Waals surface area (Å²) < 4.78 is 18.0. The first-order valence-electron chi connectivity index (χ1n) is 10.9. The van der Waals surface area contributed by atoms with Crippen molar-refractivity contribution in [2.75, 3.05) is 7.05 Å². The molecule has 2 aromatic carbocycles. The molecular weight excluding hydrogens is 432 g/mol. The molecule has 1 unspecified atom stereocenters. The Hall–Kier alpha value is -3.00. The molecule has 0 aliphatic heterocycles. The van der Waals surface area contributed by atoms with Crippen LogP contribution < -0.4 is 5.32 Å². The Morgan fingerprint density at radius 2 is 1.79 bits per heavy atom. The van der Waals surface area contributed by atoms with E-state index in [0.717, 1.165) is 45.2 Å². The number of benzene rings is 2. The van der Waals surface area contributed by atoms with Gasteiger partial charge in [0.1, 0.15) is 16.6 Å². The van der Waals surface area contributed by atoms with E-state index >= 15 is 0 Å². The summed E-state index contributed by atoms with van der Waals surface area (Å²) in [7, 11) is 1.94. The van der Waals surface area contributed by atoms with Gasteiger partial charge in [-0.05, 0) is 81.3 Å². The Morgan fingerprint density at radius 3 is 2.45 bits per heavy atom. The first-order chi connectivity index (χ1) is 15.9. The zero-order chi connectivity index (χ0) is 23.5. The zero-order valence-electron chi connectivity index (χ0n) is 19.5. The van der Waals surface area contributed by atoms with Crippen LogP contribution in [0.3, 0.4) is 0 Å². The second-order valence-electron chi connectivity index (χ2n) is 8.32. The van der Waals surface area contributed by atoms with Crippen LogP contribution in [0.4, 0.5) is 0 Å². The van der Waals surface area contributed by atoms with Crippen molar-refractivity contribution in [3.05, 3.63) is 71.5 Å². The lowest BCUT2D eigenvalue weighted by Crippen LogP contribution is -2.13. The predicted molar refractivity (Wildman–Crippen MR) is 132 cm³/mol. The molecule has 0 bridgehead atoms. The van der Waals surface area contributed by atoms with Gasteiger partial charge in [0.15, 0.2) is 10.7 Å². The molecule has 2 heterocycles. The molecule has 2 aromatic heterocycles. The molecule has 4 rings (SSSR count). The van der Waals surface area contributed by atoms with Crippen LogP contribution in [-0.4, -0.2) is 32.0 Å². The Morgan fingerprint density at radius 1 is 1.03 bits per heavy atom. The monoisotopic (exact) mass is 460 g/mol. The normalized spacial score (nSPS) is 12.3. The summed E-state index contributed by atoms with van der Waals surface area (Å²) in [6.07, 6.45) is 1.75. The number of nitrogens with zero attached hydrogens (tertiary/aromatic N) is 3. The lowest BCUT2D eigenvalue weighted by Gasteiger charge is -2.14. The van der Waals surface area contributed by atoms with Crippen molar-refractivity contribution in [1.82, 2.24) is 20.4 Å². The molecule has 0 fully saturated rings. The lowest BCUT2D eigenvalue weighted by molar-refractivity contribution is 0.433. The maximum atomic E-state index is 12.3. The predicted octanol–water partition coefficient (Wildman–Crippen LogP) is 5.32. The number of hydrogen-bond donors (Lipinski definition) is 1. The van der Waals surface area contributed by atoms with E-state index in [4.69, 9.17) is 9.51 Å². The smallest absolute Gasteiger partial charge is 0.187 e. The minimum absolute atomic E-state index is 0.0745. The van der Waals surface area contributed by atoms with Crippen LogP contribution in [0, 0.1) is 13.8 Å². The van der Waals surface area contributed by atoms with Crippen molar-refractivity contribution in [1.29, 1.82) is 0 Å². The third kappa shape index (κ3) is 5.00.